The SMILES string of the molecule is O=C(c1cccc(C(F)(F)F)c1)C1CSCCN1. The summed E-state index contributed by atoms with van der Waals surface area (Å²) in [7, 11) is 0. The van der Waals surface area contributed by atoms with Crippen molar-refractivity contribution in [3.05, 3.63) is 35.4 Å². The molecular weight excluding hydrogens is 263 g/mol. The van der Waals surface area contributed by atoms with Gasteiger partial charge in [-0.25, -0.2) is 0 Å². The second-order valence-corrected chi connectivity index (χ2v) is 5.17. The number of benzene rings is 1. The zero-order valence-electron chi connectivity index (χ0n) is 9.46. The van der Waals surface area contributed by atoms with E-state index in [9.17, 15) is 18.0 Å². The molecular formula is C12H12F3NOS. The number of ketones is 1. The molecule has 0 amide bonds. The lowest BCUT2D eigenvalue weighted by atomic mass is 10.0. The smallest absolute Gasteiger partial charge is 0.306 e. The molecule has 1 unspecified atom stereocenters. The minimum absolute atomic E-state index is 0.116. The molecule has 18 heavy (non-hydrogen) atoms. The Hall–Kier alpha value is -1.01. The molecule has 2 rings (SSSR count). The average Bonchev–Trinajstić information content (AvgIpc) is 2.38. The van der Waals surface area contributed by atoms with Crippen molar-refractivity contribution >= 4 is 17.5 Å². The number of rotatable bonds is 2. The van der Waals surface area contributed by atoms with Crippen LogP contribution in [0.1, 0.15) is 15.9 Å². The number of alkyl halides is 3. The van der Waals surface area contributed by atoms with Crippen LogP contribution in [0.2, 0.25) is 0 Å². The fraction of sp³-hybridized carbons (Fsp3) is 0.417. The van der Waals surface area contributed by atoms with Crippen molar-refractivity contribution < 1.29 is 18.0 Å². The monoisotopic (exact) mass is 275 g/mol. The maximum absolute atomic E-state index is 12.5. The maximum Gasteiger partial charge on any atom is 0.416 e. The van der Waals surface area contributed by atoms with Crippen molar-refractivity contribution in [1.82, 2.24) is 5.32 Å². The number of thioether (sulfide) groups is 1. The third-order valence-corrected chi connectivity index (χ3v) is 3.77. The molecule has 0 bridgehead atoms. The largest absolute Gasteiger partial charge is 0.416 e. The van der Waals surface area contributed by atoms with Gasteiger partial charge >= 0.3 is 6.18 Å². The van der Waals surface area contributed by atoms with E-state index in [4.69, 9.17) is 0 Å². The number of Topliss-reactive ketones (excluding diaryl/α,β-unsaturated/α-hetero) is 1. The van der Waals surface area contributed by atoms with E-state index in [0.717, 1.165) is 17.9 Å². The van der Waals surface area contributed by atoms with E-state index < -0.39 is 11.7 Å². The van der Waals surface area contributed by atoms with Gasteiger partial charge in [-0.2, -0.15) is 24.9 Å². The molecule has 0 radical (unpaired) electrons. The summed E-state index contributed by atoms with van der Waals surface area (Å²) < 4.78 is 37.6. The lowest BCUT2D eigenvalue weighted by molar-refractivity contribution is -0.137. The summed E-state index contributed by atoms with van der Waals surface area (Å²) in [5, 5.41) is 3.02. The second-order valence-electron chi connectivity index (χ2n) is 4.02. The lowest BCUT2D eigenvalue weighted by Crippen LogP contribution is -2.43. The van der Waals surface area contributed by atoms with Gasteiger partial charge in [-0.05, 0) is 12.1 Å². The van der Waals surface area contributed by atoms with Gasteiger partial charge in [0.2, 0.25) is 0 Å². The molecule has 2 nitrogen and oxygen atoms in total. The first kappa shape index (κ1) is 13.4. The van der Waals surface area contributed by atoms with Crippen LogP contribution in [0.3, 0.4) is 0 Å². The Balaban J connectivity index is 2.20. The Morgan fingerprint density at radius 2 is 2.17 bits per heavy atom. The van der Waals surface area contributed by atoms with Crippen molar-refractivity contribution in [2.24, 2.45) is 0 Å². The van der Waals surface area contributed by atoms with Gasteiger partial charge < -0.3 is 5.32 Å². The van der Waals surface area contributed by atoms with E-state index in [1.807, 2.05) is 0 Å². The van der Waals surface area contributed by atoms with Crippen LogP contribution in [0.15, 0.2) is 24.3 Å². The highest BCUT2D eigenvalue weighted by molar-refractivity contribution is 7.99. The molecule has 98 valence electrons. The van der Waals surface area contributed by atoms with Crippen LogP contribution in [0, 0.1) is 0 Å². The van der Waals surface area contributed by atoms with Crippen LogP contribution in [-0.2, 0) is 6.18 Å². The number of hydrogen-bond donors (Lipinski definition) is 1. The topological polar surface area (TPSA) is 29.1 Å². The molecule has 1 N–H and O–H groups in total. The normalized spacial score (nSPS) is 20.7. The second kappa shape index (κ2) is 5.32. The Labute approximate surface area is 107 Å². The molecule has 1 aromatic rings. The molecule has 0 saturated carbocycles. The average molecular weight is 275 g/mol. The summed E-state index contributed by atoms with van der Waals surface area (Å²) in [4.78, 5) is 12.0. The van der Waals surface area contributed by atoms with Crippen LogP contribution < -0.4 is 5.32 Å². The van der Waals surface area contributed by atoms with Gasteiger partial charge in [-0.15, -0.1) is 0 Å². The fourth-order valence-electron chi connectivity index (χ4n) is 1.78. The summed E-state index contributed by atoms with van der Waals surface area (Å²) >= 11 is 1.63. The first-order chi connectivity index (χ1) is 8.48. The Kier molecular flexibility index (Phi) is 3.97. The third kappa shape index (κ3) is 3.05. The molecule has 1 aliphatic rings. The van der Waals surface area contributed by atoms with Crippen molar-refractivity contribution in [2.75, 3.05) is 18.1 Å². The van der Waals surface area contributed by atoms with Gasteiger partial charge in [0.1, 0.15) is 0 Å². The van der Waals surface area contributed by atoms with Crippen LogP contribution in [0.4, 0.5) is 13.2 Å². The fourth-order valence-corrected chi connectivity index (χ4v) is 2.72. The van der Waals surface area contributed by atoms with E-state index in [2.05, 4.69) is 5.32 Å². The summed E-state index contributed by atoms with van der Waals surface area (Å²) in [5.74, 6) is 1.26. The quantitative estimate of drug-likeness (QED) is 0.841. The Morgan fingerprint density at radius 1 is 1.39 bits per heavy atom. The van der Waals surface area contributed by atoms with Crippen LogP contribution >= 0.6 is 11.8 Å². The number of nitrogens with one attached hydrogen (secondary N) is 1. The predicted octanol–water partition coefficient (Wildman–Crippen LogP) is 2.59. The van der Waals surface area contributed by atoms with Gasteiger partial charge in [0, 0.05) is 23.6 Å². The highest BCUT2D eigenvalue weighted by atomic mass is 32.2. The highest BCUT2D eigenvalue weighted by Gasteiger charge is 2.31. The molecule has 1 heterocycles. The van der Waals surface area contributed by atoms with E-state index in [1.165, 1.54) is 12.1 Å². The summed E-state index contributed by atoms with van der Waals surface area (Å²) in [6.07, 6.45) is -4.41. The van der Waals surface area contributed by atoms with Crippen molar-refractivity contribution in [1.29, 1.82) is 0 Å². The number of halogens is 3. The summed E-state index contributed by atoms with van der Waals surface area (Å²) in [6, 6.07) is 4.21. The van der Waals surface area contributed by atoms with E-state index in [0.29, 0.717) is 12.3 Å². The van der Waals surface area contributed by atoms with Crippen molar-refractivity contribution in [2.45, 2.75) is 12.2 Å². The number of carbonyl (C=O) groups is 1. The first-order valence-electron chi connectivity index (χ1n) is 5.51. The molecule has 1 saturated heterocycles. The van der Waals surface area contributed by atoms with Crippen LogP contribution in [0.25, 0.3) is 0 Å². The van der Waals surface area contributed by atoms with Crippen LogP contribution in [-0.4, -0.2) is 29.9 Å². The zero-order chi connectivity index (χ0) is 13.2. The van der Waals surface area contributed by atoms with Gasteiger partial charge in [0.25, 0.3) is 0 Å². The first-order valence-corrected chi connectivity index (χ1v) is 6.66. The van der Waals surface area contributed by atoms with Gasteiger partial charge in [0.15, 0.2) is 5.78 Å². The van der Waals surface area contributed by atoms with Crippen molar-refractivity contribution in [3.63, 3.8) is 0 Å². The van der Waals surface area contributed by atoms with Gasteiger partial charge in [-0.3, -0.25) is 4.79 Å². The van der Waals surface area contributed by atoms with Crippen molar-refractivity contribution in [3.8, 4) is 0 Å². The molecule has 1 aliphatic heterocycles. The van der Waals surface area contributed by atoms with E-state index in [1.54, 1.807) is 11.8 Å². The third-order valence-electron chi connectivity index (χ3n) is 2.71. The standard InChI is InChI=1S/C12H12F3NOS/c13-12(14,15)9-3-1-2-8(6-9)11(17)10-7-18-5-4-16-10/h1-3,6,10,16H,4-5,7H2. The molecule has 1 fully saturated rings. The van der Waals surface area contributed by atoms with Crippen LogP contribution in [0.5, 0.6) is 0 Å². The maximum atomic E-state index is 12.5. The summed E-state index contributed by atoms with van der Waals surface area (Å²) in [6.45, 7) is 0.708. The zero-order valence-corrected chi connectivity index (χ0v) is 10.3. The summed E-state index contributed by atoms with van der Waals surface area (Å²) in [5.41, 5.74) is -0.665. The Morgan fingerprint density at radius 3 is 2.78 bits per heavy atom. The lowest BCUT2D eigenvalue weighted by Gasteiger charge is -2.22. The minimum Gasteiger partial charge on any atom is -0.306 e. The molecule has 0 aromatic heterocycles. The molecule has 6 heteroatoms. The molecule has 1 atom stereocenters. The molecule has 0 aliphatic carbocycles. The van der Waals surface area contributed by atoms with Gasteiger partial charge in [-0.1, -0.05) is 12.1 Å². The van der Waals surface area contributed by atoms with Gasteiger partial charge in [0.05, 0.1) is 11.6 Å². The predicted molar refractivity (Wildman–Crippen MR) is 64.9 cm³/mol. The Bertz CT molecular complexity index is 441. The highest BCUT2D eigenvalue weighted by Crippen LogP contribution is 2.29. The number of carbonyl (C=O) groups excluding carboxylic acids is 1. The van der Waals surface area contributed by atoms with E-state index in [-0.39, 0.29) is 17.4 Å². The van der Waals surface area contributed by atoms with E-state index >= 15 is 0 Å². The minimum atomic E-state index is -4.41. The molecule has 1 aromatic carbocycles. The molecule has 0 spiro atoms. The number of hydrogen-bond acceptors (Lipinski definition) is 3.